The van der Waals surface area contributed by atoms with E-state index in [9.17, 15) is 13.2 Å². The van der Waals surface area contributed by atoms with Crippen molar-refractivity contribution in [1.29, 1.82) is 0 Å². The number of sulfonamides is 1. The summed E-state index contributed by atoms with van der Waals surface area (Å²) in [4.78, 5) is 12.3. The molecule has 150 valence electrons. The fourth-order valence-corrected chi connectivity index (χ4v) is 5.41. The molecule has 1 heterocycles. The minimum absolute atomic E-state index is 0.0484. The second-order valence-corrected chi connectivity index (χ2v) is 10.0. The Morgan fingerprint density at radius 1 is 1.00 bits per heavy atom. The van der Waals surface area contributed by atoms with Gasteiger partial charge in [0.05, 0.1) is 10.6 Å². The summed E-state index contributed by atoms with van der Waals surface area (Å²) in [5.41, 5.74) is 1.99. The summed E-state index contributed by atoms with van der Waals surface area (Å²) in [6.45, 7) is 1.56. The normalized spacial score (nSPS) is 14.9. The third-order valence-electron chi connectivity index (χ3n) is 4.53. The molecule has 1 saturated heterocycles. The molecule has 1 amide bonds. The molecule has 28 heavy (non-hydrogen) atoms. The second kappa shape index (κ2) is 9.78. The lowest BCUT2D eigenvalue weighted by Gasteiger charge is -2.15. The molecule has 1 fully saturated rings. The first kappa shape index (κ1) is 21.2. The van der Waals surface area contributed by atoms with Gasteiger partial charge in [-0.1, -0.05) is 35.9 Å². The molecule has 2 aromatic carbocycles. The quantitative estimate of drug-likeness (QED) is 0.682. The zero-order valence-corrected chi connectivity index (χ0v) is 17.8. The van der Waals surface area contributed by atoms with E-state index in [1.165, 1.54) is 16.1 Å². The zero-order chi connectivity index (χ0) is 20.0. The first-order chi connectivity index (χ1) is 13.4. The molecule has 1 aliphatic rings. The van der Waals surface area contributed by atoms with Crippen LogP contribution in [0.25, 0.3) is 0 Å². The molecule has 5 nitrogen and oxygen atoms in total. The van der Waals surface area contributed by atoms with E-state index in [4.69, 9.17) is 11.6 Å². The third-order valence-corrected chi connectivity index (χ3v) is 7.70. The Morgan fingerprint density at radius 3 is 2.25 bits per heavy atom. The number of amides is 1. The fraction of sp³-hybridized carbons (Fsp3) is 0.350. The van der Waals surface area contributed by atoms with Gasteiger partial charge in [0.1, 0.15) is 0 Å². The van der Waals surface area contributed by atoms with E-state index in [1.807, 2.05) is 24.3 Å². The highest BCUT2D eigenvalue weighted by Crippen LogP contribution is 2.21. The number of halogens is 1. The molecule has 3 rings (SSSR count). The van der Waals surface area contributed by atoms with Gasteiger partial charge in [-0.25, -0.2) is 8.42 Å². The highest BCUT2D eigenvalue weighted by atomic mass is 35.5. The van der Waals surface area contributed by atoms with Crippen molar-refractivity contribution >= 4 is 39.3 Å². The number of rotatable bonds is 8. The number of hydrogen-bond acceptors (Lipinski definition) is 4. The summed E-state index contributed by atoms with van der Waals surface area (Å²) < 4.78 is 26.6. The van der Waals surface area contributed by atoms with E-state index in [-0.39, 0.29) is 5.91 Å². The van der Waals surface area contributed by atoms with Crippen molar-refractivity contribution in [3.8, 4) is 0 Å². The zero-order valence-electron chi connectivity index (χ0n) is 15.4. The summed E-state index contributed by atoms with van der Waals surface area (Å²) in [6, 6.07) is 14.3. The van der Waals surface area contributed by atoms with Crippen LogP contribution in [0.15, 0.2) is 53.4 Å². The van der Waals surface area contributed by atoms with Gasteiger partial charge in [-0.2, -0.15) is 4.31 Å². The summed E-state index contributed by atoms with van der Waals surface area (Å²) in [5, 5.41) is 3.57. The van der Waals surface area contributed by atoms with E-state index >= 15 is 0 Å². The largest absolute Gasteiger partial charge is 0.351 e. The molecule has 0 aromatic heterocycles. The summed E-state index contributed by atoms with van der Waals surface area (Å²) in [5.74, 6) is 1.06. The average molecular weight is 439 g/mol. The van der Waals surface area contributed by atoms with Crippen LogP contribution in [-0.4, -0.2) is 37.5 Å². The molecular formula is C20H23ClN2O3S2. The van der Waals surface area contributed by atoms with Gasteiger partial charge in [-0.3, -0.25) is 4.79 Å². The van der Waals surface area contributed by atoms with Gasteiger partial charge in [0, 0.05) is 30.4 Å². The predicted octanol–water partition coefficient (Wildman–Crippen LogP) is 3.67. The van der Waals surface area contributed by atoms with E-state index in [0.29, 0.717) is 35.3 Å². The number of thioether (sulfide) groups is 1. The van der Waals surface area contributed by atoms with E-state index in [1.54, 1.807) is 24.3 Å². The van der Waals surface area contributed by atoms with Crippen LogP contribution in [0.1, 0.15) is 24.0 Å². The van der Waals surface area contributed by atoms with Crippen LogP contribution < -0.4 is 5.32 Å². The first-order valence-electron chi connectivity index (χ1n) is 9.13. The maximum absolute atomic E-state index is 12.5. The van der Waals surface area contributed by atoms with E-state index < -0.39 is 10.0 Å². The van der Waals surface area contributed by atoms with Crippen molar-refractivity contribution in [3.05, 3.63) is 64.7 Å². The van der Waals surface area contributed by atoms with Crippen molar-refractivity contribution in [2.24, 2.45) is 0 Å². The fourth-order valence-electron chi connectivity index (χ4n) is 2.95. The Balaban J connectivity index is 1.44. The summed E-state index contributed by atoms with van der Waals surface area (Å²) >= 11 is 7.39. The highest BCUT2D eigenvalue weighted by Gasteiger charge is 2.26. The number of nitrogens with one attached hydrogen (secondary N) is 1. The van der Waals surface area contributed by atoms with Crippen LogP contribution >= 0.6 is 23.4 Å². The Morgan fingerprint density at radius 2 is 1.61 bits per heavy atom. The van der Waals surface area contributed by atoms with Crippen molar-refractivity contribution < 1.29 is 13.2 Å². The highest BCUT2D eigenvalue weighted by molar-refractivity contribution is 7.99. The number of carbonyl (C=O) groups is 1. The van der Waals surface area contributed by atoms with Gasteiger partial charge in [-0.15, -0.1) is 11.8 Å². The SMILES string of the molecule is O=C(CSCc1ccc(Cl)cc1)NCc1ccc(S(=O)(=O)N2CCCC2)cc1. The minimum atomic E-state index is -3.39. The van der Waals surface area contributed by atoms with Crippen molar-refractivity contribution in [2.45, 2.75) is 30.0 Å². The van der Waals surface area contributed by atoms with Crippen LogP contribution in [0, 0.1) is 0 Å². The number of nitrogens with zero attached hydrogens (tertiary/aromatic N) is 1. The lowest BCUT2D eigenvalue weighted by Crippen LogP contribution is -2.28. The third kappa shape index (κ3) is 5.73. The second-order valence-electron chi connectivity index (χ2n) is 6.65. The number of carbonyl (C=O) groups excluding carboxylic acids is 1. The molecule has 0 spiro atoms. The molecule has 1 aliphatic heterocycles. The first-order valence-corrected chi connectivity index (χ1v) is 12.1. The lowest BCUT2D eigenvalue weighted by atomic mass is 10.2. The van der Waals surface area contributed by atoms with Crippen LogP contribution in [-0.2, 0) is 27.1 Å². The number of hydrogen-bond donors (Lipinski definition) is 1. The van der Waals surface area contributed by atoms with Crippen molar-refractivity contribution in [3.63, 3.8) is 0 Å². The lowest BCUT2D eigenvalue weighted by molar-refractivity contribution is -0.118. The van der Waals surface area contributed by atoms with Gasteiger partial charge in [0.15, 0.2) is 0 Å². The molecule has 0 unspecified atom stereocenters. The molecule has 0 aliphatic carbocycles. The van der Waals surface area contributed by atoms with E-state index in [2.05, 4.69) is 5.32 Å². The molecule has 0 atom stereocenters. The minimum Gasteiger partial charge on any atom is -0.351 e. The molecule has 1 N–H and O–H groups in total. The van der Waals surface area contributed by atoms with Gasteiger partial charge in [-0.05, 0) is 48.2 Å². The van der Waals surface area contributed by atoms with Gasteiger partial charge in [0.2, 0.25) is 15.9 Å². The van der Waals surface area contributed by atoms with Crippen LogP contribution in [0.4, 0.5) is 0 Å². The topological polar surface area (TPSA) is 66.5 Å². The summed E-state index contributed by atoms with van der Waals surface area (Å²) in [6.07, 6.45) is 1.83. The molecule has 0 radical (unpaired) electrons. The van der Waals surface area contributed by atoms with E-state index in [0.717, 1.165) is 29.7 Å². The van der Waals surface area contributed by atoms with Crippen molar-refractivity contribution in [1.82, 2.24) is 9.62 Å². The molecular weight excluding hydrogens is 416 g/mol. The maximum atomic E-state index is 12.5. The van der Waals surface area contributed by atoms with Gasteiger partial charge >= 0.3 is 0 Å². The maximum Gasteiger partial charge on any atom is 0.243 e. The standard InChI is InChI=1S/C20H23ClN2O3S2/c21-18-7-3-17(4-8-18)14-27-15-20(24)22-13-16-5-9-19(10-6-16)28(25,26)23-11-1-2-12-23/h3-10H,1-2,11-15H2,(H,22,24). The van der Waals surface area contributed by atoms with Gasteiger partial charge in [0.25, 0.3) is 0 Å². The molecule has 2 aromatic rings. The Bertz CT molecular complexity index is 894. The molecule has 8 heteroatoms. The van der Waals surface area contributed by atoms with Gasteiger partial charge < -0.3 is 5.32 Å². The Labute approximate surface area is 175 Å². The Kier molecular flexibility index (Phi) is 7.40. The van der Waals surface area contributed by atoms with Crippen LogP contribution in [0.5, 0.6) is 0 Å². The summed E-state index contributed by atoms with van der Waals surface area (Å²) in [7, 11) is -3.39. The predicted molar refractivity (Wildman–Crippen MR) is 114 cm³/mol. The smallest absolute Gasteiger partial charge is 0.243 e. The van der Waals surface area contributed by atoms with Crippen LogP contribution in [0.3, 0.4) is 0 Å². The molecule has 0 saturated carbocycles. The molecule has 0 bridgehead atoms. The van der Waals surface area contributed by atoms with Crippen molar-refractivity contribution in [2.75, 3.05) is 18.8 Å². The Hall–Kier alpha value is -1.54. The average Bonchev–Trinajstić information content (AvgIpc) is 3.24. The monoisotopic (exact) mass is 438 g/mol. The number of benzene rings is 2. The van der Waals surface area contributed by atoms with Crippen LogP contribution in [0.2, 0.25) is 5.02 Å².